The Hall–Kier alpha value is -4.74. The second kappa shape index (κ2) is 8.07. The Balaban J connectivity index is 1.53. The van der Waals surface area contributed by atoms with E-state index in [1.807, 2.05) is 31.2 Å². The first kappa shape index (κ1) is 20.2. The van der Waals surface area contributed by atoms with Crippen molar-refractivity contribution < 1.29 is 18.9 Å². The van der Waals surface area contributed by atoms with Crippen LogP contribution in [0.5, 0.6) is 11.5 Å². The first-order valence-electron chi connectivity index (χ1n) is 9.87. The molecule has 12 nitrogen and oxygen atoms in total. The van der Waals surface area contributed by atoms with Crippen LogP contribution < -0.4 is 20.6 Å². The average Bonchev–Trinajstić information content (AvgIpc) is 3.56. The zero-order valence-electron chi connectivity index (χ0n) is 17.6. The van der Waals surface area contributed by atoms with Crippen molar-refractivity contribution in [2.24, 2.45) is 5.10 Å². The molecule has 3 N–H and O–H groups in total. The highest BCUT2D eigenvalue weighted by Gasteiger charge is 2.26. The van der Waals surface area contributed by atoms with Crippen molar-refractivity contribution in [2.45, 2.75) is 13.8 Å². The van der Waals surface area contributed by atoms with Crippen LogP contribution >= 0.6 is 0 Å². The summed E-state index contributed by atoms with van der Waals surface area (Å²) >= 11 is 0. The van der Waals surface area contributed by atoms with E-state index in [0.29, 0.717) is 28.5 Å². The molecule has 12 heteroatoms. The van der Waals surface area contributed by atoms with Gasteiger partial charge in [0.1, 0.15) is 5.69 Å². The first-order valence-corrected chi connectivity index (χ1v) is 9.87. The van der Waals surface area contributed by atoms with Gasteiger partial charge in [-0.1, -0.05) is 35.0 Å². The third-order valence-corrected chi connectivity index (χ3v) is 5.02. The molecule has 0 aliphatic carbocycles. The quantitative estimate of drug-likeness (QED) is 0.346. The zero-order chi connectivity index (χ0) is 22.9. The van der Waals surface area contributed by atoms with Gasteiger partial charge in [0, 0.05) is 5.56 Å². The number of rotatable bonds is 5. The molecular formula is C21H18N8O4. The van der Waals surface area contributed by atoms with E-state index in [-0.39, 0.29) is 24.1 Å². The van der Waals surface area contributed by atoms with Gasteiger partial charge < -0.3 is 15.2 Å². The SMILES string of the molecule is CC(=NNC(=O)c1nnn(-c2nonc2N)c1-c1ccc2c(c1)OCO2)c1ccc(C)cc1. The number of aromatic nitrogens is 5. The minimum Gasteiger partial charge on any atom is -0.454 e. The molecule has 5 rings (SSSR count). The van der Waals surface area contributed by atoms with E-state index in [1.54, 1.807) is 25.1 Å². The molecule has 4 aromatic rings. The molecule has 0 atom stereocenters. The zero-order valence-corrected chi connectivity index (χ0v) is 17.6. The fourth-order valence-corrected chi connectivity index (χ4v) is 3.27. The number of nitrogens with two attached hydrogens (primary N) is 1. The average molecular weight is 446 g/mol. The summed E-state index contributed by atoms with van der Waals surface area (Å²) < 4.78 is 16.8. The number of amides is 1. The van der Waals surface area contributed by atoms with Crippen molar-refractivity contribution in [1.82, 2.24) is 30.7 Å². The number of ether oxygens (including phenoxy) is 2. The van der Waals surface area contributed by atoms with Crippen LogP contribution in [0, 0.1) is 6.92 Å². The summed E-state index contributed by atoms with van der Waals surface area (Å²) in [5, 5.41) is 19.6. The lowest BCUT2D eigenvalue weighted by atomic mass is 10.1. The molecule has 0 spiro atoms. The number of hydrogen-bond donors (Lipinski definition) is 2. The van der Waals surface area contributed by atoms with Crippen molar-refractivity contribution in [2.75, 3.05) is 12.5 Å². The maximum absolute atomic E-state index is 13.0. The molecular weight excluding hydrogens is 428 g/mol. The van der Waals surface area contributed by atoms with Crippen LogP contribution in [0.2, 0.25) is 0 Å². The second-order valence-electron chi connectivity index (χ2n) is 7.24. The molecule has 0 fully saturated rings. The molecule has 1 aliphatic rings. The topological polar surface area (TPSA) is 156 Å². The van der Waals surface area contributed by atoms with Gasteiger partial charge in [-0.2, -0.15) is 9.78 Å². The summed E-state index contributed by atoms with van der Waals surface area (Å²) in [6, 6.07) is 13.0. The number of nitrogen functional groups attached to an aromatic ring is 1. The van der Waals surface area contributed by atoms with Gasteiger partial charge in [-0.05, 0) is 47.9 Å². The number of aryl methyl sites for hydroxylation is 1. The van der Waals surface area contributed by atoms with Gasteiger partial charge in [0.15, 0.2) is 17.2 Å². The van der Waals surface area contributed by atoms with Gasteiger partial charge in [0.05, 0.1) is 5.71 Å². The van der Waals surface area contributed by atoms with Gasteiger partial charge in [0.25, 0.3) is 5.91 Å². The number of carbonyl (C=O) groups excluding carboxylic acids is 1. The lowest BCUT2D eigenvalue weighted by Crippen LogP contribution is -2.21. The Morgan fingerprint density at radius 2 is 1.91 bits per heavy atom. The predicted molar refractivity (Wildman–Crippen MR) is 116 cm³/mol. The molecule has 0 saturated carbocycles. The summed E-state index contributed by atoms with van der Waals surface area (Å²) in [6.45, 7) is 3.90. The largest absolute Gasteiger partial charge is 0.454 e. The number of fused-ring (bicyclic) bond motifs is 1. The fourth-order valence-electron chi connectivity index (χ4n) is 3.27. The monoisotopic (exact) mass is 446 g/mol. The predicted octanol–water partition coefficient (Wildman–Crippen LogP) is 2.09. The minimum absolute atomic E-state index is 0.00304. The number of nitrogens with zero attached hydrogens (tertiary/aromatic N) is 6. The molecule has 2 aromatic heterocycles. The molecule has 1 amide bonds. The Kier molecular flexibility index (Phi) is 4.94. The molecule has 0 radical (unpaired) electrons. The van der Waals surface area contributed by atoms with Crippen LogP contribution in [-0.2, 0) is 0 Å². The van der Waals surface area contributed by atoms with Crippen molar-refractivity contribution in [3.05, 3.63) is 59.3 Å². The van der Waals surface area contributed by atoms with Crippen molar-refractivity contribution in [1.29, 1.82) is 0 Å². The van der Waals surface area contributed by atoms with Crippen LogP contribution in [0.15, 0.2) is 52.2 Å². The molecule has 3 heterocycles. The fraction of sp³-hybridized carbons (Fsp3) is 0.143. The van der Waals surface area contributed by atoms with Gasteiger partial charge >= 0.3 is 0 Å². The van der Waals surface area contributed by atoms with Gasteiger partial charge in [-0.3, -0.25) is 4.79 Å². The Labute approximate surface area is 186 Å². The number of hydrogen-bond acceptors (Lipinski definition) is 10. The minimum atomic E-state index is -0.574. The lowest BCUT2D eigenvalue weighted by Gasteiger charge is -2.07. The molecule has 1 aliphatic heterocycles. The third-order valence-electron chi connectivity index (χ3n) is 5.02. The molecule has 0 bridgehead atoms. The molecule has 33 heavy (non-hydrogen) atoms. The summed E-state index contributed by atoms with van der Waals surface area (Å²) in [4.78, 5) is 13.0. The Morgan fingerprint density at radius 3 is 2.67 bits per heavy atom. The number of nitrogens with one attached hydrogen (secondary N) is 1. The number of hydrazone groups is 1. The third kappa shape index (κ3) is 3.73. The highest BCUT2D eigenvalue weighted by atomic mass is 16.7. The van der Waals surface area contributed by atoms with Crippen LogP contribution in [0.1, 0.15) is 28.5 Å². The number of anilines is 1. The van der Waals surface area contributed by atoms with E-state index in [4.69, 9.17) is 15.2 Å². The number of benzene rings is 2. The first-order chi connectivity index (χ1) is 16.0. The van der Waals surface area contributed by atoms with E-state index in [2.05, 4.69) is 35.8 Å². The Bertz CT molecular complexity index is 1370. The summed E-state index contributed by atoms with van der Waals surface area (Å²) in [7, 11) is 0. The lowest BCUT2D eigenvalue weighted by molar-refractivity contribution is 0.0950. The van der Waals surface area contributed by atoms with Crippen LogP contribution in [-0.4, -0.2) is 43.7 Å². The van der Waals surface area contributed by atoms with E-state index >= 15 is 0 Å². The molecule has 0 unspecified atom stereocenters. The molecule has 166 valence electrons. The van der Waals surface area contributed by atoms with Crippen molar-refractivity contribution in [3.63, 3.8) is 0 Å². The second-order valence-corrected chi connectivity index (χ2v) is 7.24. The summed E-state index contributed by atoms with van der Waals surface area (Å²) in [5.74, 6) is 0.613. The number of carbonyl (C=O) groups is 1. The highest BCUT2D eigenvalue weighted by molar-refractivity contribution is 6.02. The van der Waals surface area contributed by atoms with E-state index in [0.717, 1.165) is 11.1 Å². The van der Waals surface area contributed by atoms with Gasteiger partial charge in [-0.15, -0.1) is 5.10 Å². The van der Waals surface area contributed by atoms with Crippen LogP contribution in [0.3, 0.4) is 0 Å². The van der Waals surface area contributed by atoms with Gasteiger partial charge in [-0.25, -0.2) is 10.1 Å². The highest BCUT2D eigenvalue weighted by Crippen LogP contribution is 2.37. The van der Waals surface area contributed by atoms with E-state index < -0.39 is 5.91 Å². The maximum Gasteiger partial charge on any atom is 0.294 e. The summed E-state index contributed by atoms with van der Waals surface area (Å²) in [5.41, 5.74) is 11.9. The maximum atomic E-state index is 13.0. The van der Waals surface area contributed by atoms with Gasteiger partial charge in [0.2, 0.25) is 18.4 Å². The Morgan fingerprint density at radius 1 is 1.12 bits per heavy atom. The molecule has 2 aromatic carbocycles. The van der Waals surface area contributed by atoms with Crippen molar-refractivity contribution >= 4 is 17.4 Å². The van der Waals surface area contributed by atoms with E-state index in [1.165, 1.54) is 4.68 Å². The van der Waals surface area contributed by atoms with Crippen molar-refractivity contribution in [3.8, 4) is 28.6 Å². The standard InChI is InChI=1S/C21H18N8O4/c1-11-3-5-13(6-4-11)12(2)23-25-21(30)17-18(14-7-8-15-16(9-14)32-10-31-15)29(28-24-17)20-19(22)26-33-27-20/h3-9H,10H2,1-2H3,(H2,22,26)(H,25,30). The normalized spacial score (nSPS) is 12.7. The summed E-state index contributed by atoms with van der Waals surface area (Å²) in [6.07, 6.45) is 0. The molecule has 0 saturated heterocycles. The smallest absolute Gasteiger partial charge is 0.294 e. The van der Waals surface area contributed by atoms with Crippen LogP contribution in [0.4, 0.5) is 5.82 Å². The van der Waals surface area contributed by atoms with Crippen LogP contribution in [0.25, 0.3) is 17.1 Å². The van der Waals surface area contributed by atoms with E-state index in [9.17, 15) is 4.79 Å².